The Bertz CT molecular complexity index is 377. The van der Waals surface area contributed by atoms with Gasteiger partial charge < -0.3 is 4.90 Å². The van der Waals surface area contributed by atoms with Crippen LogP contribution >= 0.6 is 0 Å². The highest BCUT2D eigenvalue weighted by Crippen LogP contribution is 2.31. The van der Waals surface area contributed by atoms with Gasteiger partial charge in [-0.2, -0.15) is 0 Å². The maximum absolute atomic E-state index is 13.1. The quantitative estimate of drug-likeness (QED) is 0.540. The van der Waals surface area contributed by atoms with Crippen LogP contribution in [0.1, 0.15) is 5.56 Å². The molecule has 1 aromatic carbocycles. The number of benzene rings is 1. The number of hydrogen-bond acceptors (Lipinski definition) is 3. The third kappa shape index (κ3) is 1.66. The monoisotopic (exact) mass is 198 g/mol. The van der Waals surface area contributed by atoms with Crippen LogP contribution in [0.15, 0.2) is 12.1 Å². The maximum Gasteiger partial charge on any atom is 0.298 e. The molecule has 0 unspecified atom stereocenters. The van der Waals surface area contributed by atoms with Gasteiger partial charge in [-0.05, 0) is 19.1 Å². The van der Waals surface area contributed by atoms with E-state index >= 15 is 0 Å². The van der Waals surface area contributed by atoms with E-state index < -0.39 is 10.7 Å². The first-order chi connectivity index (χ1) is 6.45. The molecule has 0 aliphatic carbocycles. The molecule has 1 rings (SSSR count). The first-order valence-electron chi connectivity index (χ1n) is 4.06. The summed E-state index contributed by atoms with van der Waals surface area (Å²) >= 11 is 0. The maximum atomic E-state index is 13.1. The molecular formula is C9H11FN2O2. The molecule has 5 heteroatoms. The summed E-state index contributed by atoms with van der Waals surface area (Å²) in [5.41, 5.74) is 0.310. The third-order valence-corrected chi connectivity index (χ3v) is 2.01. The Morgan fingerprint density at radius 2 is 2.00 bits per heavy atom. The molecule has 0 radical (unpaired) electrons. The van der Waals surface area contributed by atoms with Crippen LogP contribution in [-0.2, 0) is 0 Å². The second-order valence-corrected chi connectivity index (χ2v) is 3.19. The van der Waals surface area contributed by atoms with E-state index in [4.69, 9.17) is 0 Å². The van der Waals surface area contributed by atoms with Gasteiger partial charge in [0.25, 0.3) is 5.69 Å². The van der Waals surface area contributed by atoms with Gasteiger partial charge in [0.15, 0.2) is 0 Å². The largest absolute Gasteiger partial charge is 0.372 e. The van der Waals surface area contributed by atoms with Crippen molar-refractivity contribution in [1.29, 1.82) is 0 Å². The lowest BCUT2D eigenvalue weighted by molar-refractivity contribution is -0.384. The van der Waals surface area contributed by atoms with E-state index in [1.807, 2.05) is 0 Å². The Morgan fingerprint density at radius 1 is 1.43 bits per heavy atom. The van der Waals surface area contributed by atoms with Gasteiger partial charge in [0.1, 0.15) is 11.5 Å². The molecule has 0 atom stereocenters. The summed E-state index contributed by atoms with van der Waals surface area (Å²) in [5, 5.41) is 10.7. The molecule has 0 saturated heterocycles. The minimum Gasteiger partial charge on any atom is -0.372 e. The second kappa shape index (κ2) is 3.61. The molecule has 0 bridgehead atoms. The van der Waals surface area contributed by atoms with Gasteiger partial charge in [0.2, 0.25) is 0 Å². The summed E-state index contributed by atoms with van der Waals surface area (Å²) in [6.07, 6.45) is 0. The van der Waals surface area contributed by atoms with Crippen LogP contribution in [0.5, 0.6) is 0 Å². The number of hydrogen-bond donors (Lipinski definition) is 0. The molecule has 14 heavy (non-hydrogen) atoms. The van der Waals surface area contributed by atoms with Crippen molar-refractivity contribution < 1.29 is 9.31 Å². The molecule has 0 heterocycles. The third-order valence-electron chi connectivity index (χ3n) is 2.01. The normalized spacial score (nSPS) is 10.0. The molecule has 4 nitrogen and oxygen atoms in total. The fourth-order valence-electron chi connectivity index (χ4n) is 1.25. The summed E-state index contributed by atoms with van der Waals surface area (Å²) in [7, 11) is 3.36. The molecule has 0 saturated carbocycles. The molecule has 0 aliphatic heterocycles. The molecule has 0 aliphatic rings. The minimum absolute atomic E-state index is 0.0706. The first kappa shape index (κ1) is 10.4. The second-order valence-electron chi connectivity index (χ2n) is 3.19. The topological polar surface area (TPSA) is 46.4 Å². The van der Waals surface area contributed by atoms with Gasteiger partial charge in [-0.15, -0.1) is 0 Å². The number of nitrogens with zero attached hydrogens (tertiary/aromatic N) is 2. The Kier molecular flexibility index (Phi) is 2.69. The lowest BCUT2D eigenvalue weighted by Gasteiger charge is -2.13. The van der Waals surface area contributed by atoms with E-state index in [1.54, 1.807) is 19.0 Å². The summed E-state index contributed by atoms with van der Waals surface area (Å²) in [5.74, 6) is -0.553. The molecule has 0 N–H and O–H groups in total. The summed E-state index contributed by atoms with van der Waals surface area (Å²) in [6.45, 7) is 1.40. The molecule has 76 valence electrons. The van der Waals surface area contributed by atoms with Crippen molar-refractivity contribution in [2.75, 3.05) is 19.0 Å². The zero-order valence-electron chi connectivity index (χ0n) is 8.24. The molecule has 0 aromatic heterocycles. The van der Waals surface area contributed by atoms with Crippen molar-refractivity contribution in [3.8, 4) is 0 Å². The molecule has 0 spiro atoms. The smallest absolute Gasteiger partial charge is 0.298 e. The van der Waals surface area contributed by atoms with Gasteiger partial charge in [-0.3, -0.25) is 10.1 Å². The Hall–Kier alpha value is -1.65. The zero-order valence-corrected chi connectivity index (χ0v) is 8.24. The van der Waals surface area contributed by atoms with E-state index in [0.717, 1.165) is 0 Å². The van der Waals surface area contributed by atoms with Crippen LogP contribution in [-0.4, -0.2) is 19.0 Å². The predicted octanol–water partition coefficient (Wildman–Crippen LogP) is 2.11. The van der Waals surface area contributed by atoms with Crippen molar-refractivity contribution in [3.63, 3.8) is 0 Å². The van der Waals surface area contributed by atoms with E-state index in [2.05, 4.69) is 0 Å². The van der Waals surface area contributed by atoms with Crippen LogP contribution in [0.4, 0.5) is 15.8 Å². The summed E-state index contributed by atoms with van der Waals surface area (Å²) in [6, 6.07) is 2.64. The minimum atomic E-state index is -0.562. The standard InChI is InChI=1S/C9H11FN2O2/c1-6-7(10)4-5-8(11(2)3)9(6)12(13)14/h4-5H,1-3H3. The predicted molar refractivity (Wildman–Crippen MR) is 52.1 cm³/mol. The van der Waals surface area contributed by atoms with Crippen LogP contribution in [0.2, 0.25) is 0 Å². The zero-order chi connectivity index (χ0) is 10.9. The van der Waals surface area contributed by atoms with Crippen LogP contribution in [0.3, 0.4) is 0 Å². The van der Waals surface area contributed by atoms with Gasteiger partial charge in [-0.1, -0.05) is 0 Å². The number of rotatable bonds is 2. The van der Waals surface area contributed by atoms with Crippen molar-refractivity contribution >= 4 is 11.4 Å². The molecule has 0 fully saturated rings. The van der Waals surface area contributed by atoms with E-state index in [0.29, 0.717) is 5.69 Å². The number of halogens is 1. The van der Waals surface area contributed by atoms with Crippen molar-refractivity contribution in [2.24, 2.45) is 0 Å². The van der Waals surface area contributed by atoms with Gasteiger partial charge in [0, 0.05) is 14.1 Å². The highest BCUT2D eigenvalue weighted by atomic mass is 19.1. The Balaban J connectivity index is 3.45. The van der Waals surface area contributed by atoms with E-state index in [9.17, 15) is 14.5 Å². The average Bonchev–Trinajstić information content (AvgIpc) is 2.08. The number of anilines is 1. The van der Waals surface area contributed by atoms with Crippen molar-refractivity contribution in [1.82, 2.24) is 0 Å². The highest BCUT2D eigenvalue weighted by molar-refractivity contribution is 5.66. The summed E-state index contributed by atoms with van der Waals surface area (Å²) in [4.78, 5) is 11.7. The first-order valence-corrected chi connectivity index (χ1v) is 4.06. The highest BCUT2D eigenvalue weighted by Gasteiger charge is 2.21. The fourth-order valence-corrected chi connectivity index (χ4v) is 1.25. The average molecular weight is 198 g/mol. The van der Waals surface area contributed by atoms with E-state index in [1.165, 1.54) is 19.1 Å². The van der Waals surface area contributed by atoms with Crippen LogP contribution < -0.4 is 4.90 Å². The summed E-state index contributed by atoms with van der Waals surface area (Å²) < 4.78 is 13.1. The Labute approximate surface area is 81.1 Å². The lowest BCUT2D eigenvalue weighted by Crippen LogP contribution is -2.12. The Morgan fingerprint density at radius 3 is 2.43 bits per heavy atom. The lowest BCUT2D eigenvalue weighted by atomic mass is 10.1. The van der Waals surface area contributed by atoms with Gasteiger partial charge >= 0.3 is 0 Å². The SMILES string of the molecule is Cc1c(F)ccc(N(C)C)c1[N+](=O)[O-]. The number of nitro benzene ring substituents is 1. The van der Waals surface area contributed by atoms with Crippen LogP contribution in [0, 0.1) is 22.9 Å². The van der Waals surface area contributed by atoms with Crippen LogP contribution in [0.25, 0.3) is 0 Å². The number of nitro groups is 1. The van der Waals surface area contributed by atoms with Crippen molar-refractivity contribution in [3.05, 3.63) is 33.6 Å². The molecule has 0 amide bonds. The van der Waals surface area contributed by atoms with Crippen molar-refractivity contribution in [2.45, 2.75) is 6.92 Å². The van der Waals surface area contributed by atoms with E-state index in [-0.39, 0.29) is 11.3 Å². The molecule has 1 aromatic rings. The molecular weight excluding hydrogens is 187 g/mol. The van der Waals surface area contributed by atoms with Gasteiger partial charge in [-0.25, -0.2) is 4.39 Å². The fraction of sp³-hybridized carbons (Fsp3) is 0.333. The van der Waals surface area contributed by atoms with Gasteiger partial charge in [0.05, 0.1) is 10.5 Å².